The molecule has 1 amide bonds. The van der Waals surface area contributed by atoms with E-state index in [9.17, 15) is 9.90 Å². The van der Waals surface area contributed by atoms with E-state index >= 15 is 0 Å². The lowest BCUT2D eigenvalue weighted by molar-refractivity contribution is 0.102. The van der Waals surface area contributed by atoms with Crippen LogP contribution in [0, 0.1) is 11.8 Å². The lowest BCUT2D eigenvalue weighted by atomic mass is 10.1. The Labute approximate surface area is 227 Å². The lowest BCUT2D eigenvalue weighted by Crippen LogP contribution is -2.46. The van der Waals surface area contributed by atoms with Crippen LogP contribution in [0.4, 0.5) is 11.5 Å². The van der Waals surface area contributed by atoms with Crippen molar-refractivity contribution in [3.63, 3.8) is 0 Å². The fraction of sp³-hybridized carbons (Fsp3) is 0.194. The van der Waals surface area contributed by atoms with Crippen molar-refractivity contribution in [3.05, 3.63) is 107 Å². The molecule has 0 atom stereocenters. The number of benzene rings is 3. The summed E-state index contributed by atoms with van der Waals surface area (Å²) >= 11 is 0. The molecule has 8 nitrogen and oxygen atoms in total. The fourth-order valence-corrected chi connectivity index (χ4v) is 4.36. The minimum atomic E-state index is -0.310. The zero-order valence-electron chi connectivity index (χ0n) is 21.7. The number of aromatic nitrogens is 2. The van der Waals surface area contributed by atoms with Crippen molar-refractivity contribution in [3.8, 4) is 23.3 Å². The van der Waals surface area contributed by atoms with Crippen molar-refractivity contribution >= 4 is 17.4 Å². The van der Waals surface area contributed by atoms with Gasteiger partial charge in [0.1, 0.15) is 11.5 Å². The number of nitrogens with one attached hydrogen (secondary N) is 1. The van der Waals surface area contributed by atoms with Crippen LogP contribution >= 0.6 is 0 Å². The van der Waals surface area contributed by atoms with Gasteiger partial charge < -0.3 is 20.1 Å². The molecular weight excluding hydrogens is 490 g/mol. The van der Waals surface area contributed by atoms with E-state index in [0.717, 1.165) is 55.4 Å². The van der Waals surface area contributed by atoms with Gasteiger partial charge in [0.15, 0.2) is 11.5 Å². The summed E-state index contributed by atoms with van der Waals surface area (Å²) in [5.41, 5.74) is 3.86. The van der Waals surface area contributed by atoms with Gasteiger partial charge in [0.2, 0.25) is 0 Å². The third-order valence-electron chi connectivity index (χ3n) is 6.53. The molecule has 1 aliphatic heterocycles. The van der Waals surface area contributed by atoms with Crippen LogP contribution in [0.5, 0.6) is 11.5 Å². The second-order valence-corrected chi connectivity index (χ2v) is 9.18. The quantitative estimate of drug-likeness (QED) is 0.370. The highest BCUT2D eigenvalue weighted by Gasteiger charge is 2.20. The number of aromatic hydroxyl groups is 1. The molecule has 1 fully saturated rings. The zero-order valence-corrected chi connectivity index (χ0v) is 21.7. The Morgan fingerprint density at radius 3 is 2.44 bits per heavy atom. The molecule has 0 unspecified atom stereocenters. The monoisotopic (exact) mass is 519 g/mol. The largest absolute Gasteiger partial charge is 0.508 e. The molecule has 1 aromatic heterocycles. The number of piperazine rings is 1. The number of anilines is 2. The number of methoxy groups -OCH3 is 1. The summed E-state index contributed by atoms with van der Waals surface area (Å²) in [6.07, 6.45) is 0. The van der Waals surface area contributed by atoms with Gasteiger partial charge in [0.05, 0.1) is 7.11 Å². The van der Waals surface area contributed by atoms with Crippen molar-refractivity contribution in [2.24, 2.45) is 0 Å². The topological polar surface area (TPSA) is 90.8 Å². The molecule has 1 saturated heterocycles. The number of rotatable bonds is 6. The molecule has 5 rings (SSSR count). The van der Waals surface area contributed by atoms with Gasteiger partial charge in [0.25, 0.3) is 5.91 Å². The number of hydrogen-bond acceptors (Lipinski definition) is 7. The van der Waals surface area contributed by atoms with E-state index in [1.807, 2.05) is 30.3 Å². The summed E-state index contributed by atoms with van der Waals surface area (Å²) < 4.78 is 5.14. The van der Waals surface area contributed by atoms with E-state index in [1.54, 1.807) is 55.6 Å². The van der Waals surface area contributed by atoms with Gasteiger partial charge in [-0.15, -0.1) is 10.2 Å². The standard InChI is InChI=1S/C31H29N5O3/c1-39-28-13-11-26(12-14-28)32-31(38)29-15-16-30(34-33-29)36-19-17-35(18-20-36)22-25-7-3-2-6-24(25)10-9-23-5-4-8-27(37)21-23/h2-8,11-16,21,37H,17-20,22H2,1H3,(H,32,38). The number of phenols is 1. The molecule has 196 valence electrons. The summed E-state index contributed by atoms with van der Waals surface area (Å²) in [6.45, 7) is 4.16. The maximum Gasteiger partial charge on any atom is 0.276 e. The Morgan fingerprint density at radius 2 is 1.72 bits per heavy atom. The molecule has 0 saturated carbocycles. The van der Waals surface area contributed by atoms with Gasteiger partial charge >= 0.3 is 0 Å². The second kappa shape index (κ2) is 12.1. The molecule has 39 heavy (non-hydrogen) atoms. The Balaban J connectivity index is 1.16. The number of nitrogens with zero attached hydrogens (tertiary/aromatic N) is 4. The minimum Gasteiger partial charge on any atom is -0.508 e. The van der Waals surface area contributed by atoms with E-state index in [2.05, 4.69) is 43.2 Å². The van der Waals surface area contributed by atoms with Crippen molar-refractivity contribution in [2.75, 3.05) is 43.5 Å². The van der Waals surface area contributed by atoms with E-state index in [-0.39, 0.29) is 17.4 Å². The van der Waals surface area contributed by atoms with E-state index < -0.39 is 0 Å². The van der Waals surface area contributed by atoms with Gasteiger partial charge in [-0.2, -0.15) is 0 Å². The van der Waals surface area contributed by atoms with Crippen molar-refractivity contribution in [1.82, 2.24) is 15.1 Å². The summed E-state index contributed by atoms with van der Waals surface area (Å²) in [6, 6.07) is 25.8. The predicted molar refractivity (Wildman–Crippen MR) is 151 cm³/mol. The summed E-state index contributed by atoms with van der Waals surface area (Å²) in [5.74, 6) is 7.80. The Morgan fingerprint density at radius 1 is 0.923 bits per heavy atom. The van der Waals surface area contributed by atoms with Gasteiger partial charge in [-0.3, -0.25) is 9.69 Å². The molecule has 2 N–H and O–H groups in total. The maximum absolute atomic E-state index is 12.6. The fourth-order valence-electron chi connectivity index (χ4n) is 4.36. The predicted octanol–water partition coefficient (Wildman–Crippen LogP) is 4.17. The molecule has 3 aromatic carbocycles. The molecule has 0 aliphatic carbocycles. The highest BCUT2D eigenvalue weighted by atomic mass is 16.5. The number of hydrogen-bond donors (Lipinski definition) is 2. The number of carbonyl (C=O) groups excluding carboxylic acids is 1. The van der Waals surface area contributed by atoms with Crippen molar-refractivity contribution in [2.45, 2.75) is 6.54 Å². The first-order valence-corrected chi connectivity index (χ1v) is 12.7. The lowest BCUT2D eigenvalue weighted by Gasteiger charge is -2.35. The molecule has 0 radical (unpaired) electrons. The number of ether oxygens (including phenoxy) is 1. The van der Waals surface area contributed by atoms with Crippen LogP contribution in [-0.2, 0) is 6.54 Å². The number of carbonyl (C=O) groups is 1. The van der Waals surface area contributed by atoms with E-state index in [0.29, 0.717) is 5.69 Å². The Hall–Kier alpha value is -4.87. The van der Waals surface area contributed by atoms with Crippen LogP contribution in [-0.4, -0.2) is 59.4 Å². The molecule has 2 heterocycles. The normalized spacial score (nSPS) is 13.3. The first kappa shape index (κ1) is 25.8. The molecule has 8 heteroatoms. The number of amides is 1. The Bertz CT molecular complexity index is 1490. The minimum absolute atomic E-state index is 0.212. The summed E-state index contributed by atoms with van der Waals surface area (Å²) in [4.78, 5) is 17.1. The average Bonchev–Trinajstić information content (AvgIpc) is 2.98. The van der Waals surface area contributed by atoms with Crippen molar-refractivity contribution < 1.29 is 14.6 Å². The van der Waals surface area contributed by atoms with Gasteiger partial charge in [-0.1, -0.05) is 36.1 Å². The zero-order chi connectivity index (χ0) is 27.0. The van der Waals surface area contributed by atoms with Crippen LogP contribution in [0.3, 0.4) is 0 Å². The highest BCUT2D eigenvalue weighted by Crippen LogP contribution is 2.18. The smallest absolute Gasteiger partial charge is 0.276 e. The van der Waals surface area contributed by atoms with Crippen LogP contribution in [0.25, 0.3) is 0 Å². The number of phenolic OH excluding ortho intramolecular Hbond substituents is 1. The molecule has 0 bridgehead atoms. The average molecular weight is 520 g/mol. The SMILES string of the molecule is COc1ccc(NC(=O)c2ccc(N3CCN(Cc4ccccc4C#Cc4cccc(O)c4)CC3)nn2)cc1. The highest BCUT2D eigenvalue weighted by molar-refractivity contribution is 6.02. The third kappa shape index (κ3) is 6.72. The van der Waals surface area contributed by atoms with Crippen LogP contribution < -0.4 is 15.0 Å². The Kier molecular flexibility index (Phi) is 8.00. The summed E-state index contributed by atoms with van der Waals surface area (Å²) in [5, 5.41) is 21.0. The van der Waals surface area contributed by atoms with Gasteiger partial charge in [0, 0.05) is 49.5 Å². The van der Waals surface area contributed by atoms with Crippen LogP contribution in [0.15, 0.2) is 84.9 Å². The van der Waals surface area contributed by atoms with Gasteiger partial charge in [-0.25, -0.2) is 0 Å². The van der Waals surface area contributed by atoms with Crippen LogP contribution in [0.1, 0.15) is 27.2 Å². The second-order valence-electron chi connectivity index (χ2n) is 9.18. The summed E-state index contributed by atoms with van der Waals surface area (Å²) in [7, 11) is 1.60. The molecule has 1 aliphatic rings. The molecular formula is C31H29N5O3. The van der Waals surface area contributed by atoms with Crippen molar-refractivity contribution in [1.29, 1.82) is 0 Å². The third-order valence-corrected chi connectivity index (χ3v) is 6.53. The van der Waals surface area contributed by atoms with E-state index in [1.165, 1.54) is 5.56 Å². The van der Waals surface area contributed by atoms with E-state index in [4.69, 9.17) is 4.74 Å². The first-order chi connectivity index (χ1) is 19.1. The molecule has 4 aromatic rings. The van der Waals surface area contributed by atoms with Gasteiger partial charge in [-0.05, 0) is 66.2 Å². The van der Waals surface area contributed by atoms with Crippen LogP contribution in [0.2, 0.25) is 0 Å². The first-order valence-electron chi connectivity index (χ1n) is 12.7. The maximum atomic E-state index is 12.6. The molecule has 0 spiro atoms.